The Kier molecular flexibility index (Phi) is 5.98. The minimum absolute atomic E-state index is 0.0101. The smallest absolute Gasteiger partial charge is 0.224 e. The van der Waals surface area contributed by atoms with Crippen LogP contribution in [-0.4, -0.2) is 43.6 Å². The Morgan fingerprint density at radius 3 is 2.84 bits per heavy atom. The quantitative estimate of drug-likeness (QED) is 0.793. The molecule has 0 fully saturated rings. The van der Waals surface area contributed by atoms with E-state index in [1.165, 1.54) is 0 Å². The fourth-order valence-electron chi connectivity index (χ4n) is 1.67. The highest BCUT2D eigenvalue weighted by molar-refractivity contribution is 6.29. The lowest BCUT2D eigenvalue weighted by Crippen LogP contribution is -2.34. The minimum atomic E-state index is -0.144. The molecular formula is C12H19ClN4O2. The Morgan fingerprint density at radius 1 is 1.58 bits per heavy atom. The van der Waals surface area contributed by atoms with Crippen molar-refractivity contribution in [2.45, 2.75) is 13.5 Å². The van der Waals surface area contributed by atoms with Crippen molar-refractivity contribution in [3.05, 3.63) is 17.0 Å². The maximum Gasteiger partial charge on any atom is 0.224 e. The van der Waals surface area contributed by atoms with Crippen LogP contribution in [-0.2, 0) is 16.1 Å². The summed E-state index contributed by atoms with van der Waals surface area (Å²) in [6.07, 6.45) is 0. The van der Waals surface area contributed by atoms with Crippen molar-refractivity contribution in [2.24, 2.45) is 5.92 Å². The van der Waals surface area contributed by atoms with Gasteiger partial charge < -0.3 is 15.0 Å². The highest BCUT2D eigenvalue weighted by Gasteiger charge is 2.15. The Morgan fingerprint density at radius 2 is 2.26 bits per heavy atom. The number of hydrogen-bond donors (Lipinski definition) is 1. The first-order valence-electron chi connectivity index (χ1n) is 5.93. The predicted octanol–water partition coefficient (Wildman–Crippen LogP) is 1.09. The van der Waals surface area contributed by atoms with Crippen molar-refractivity contribution in [2.75, 3.05) is 32.6 Å². The molecule has 1 amide bonds. The van der Waals surface area contributed by atoms with Gasteiger partial charge in [-0.3, -0.25) is 4.79 Å². The van der Waals surface area contributed by atoms with Crippen LogP contribution >= 0.6 is 11.6 Å². The number of anilines is 1. The van der Waals surface area contributed by atoms with Crippen LogP contribution in [0.1, 0.15) is 12.7 Å². The van der Waals surface area contributed by atoms with Crippen LogP contribution in [0.25, 0.3) is 0 Å². The molecule has 1 rings (SSSR count). The zero-order chi connectivity index (χ0) is 14.4. The summed E-state index contributed by atoms with van der Waals surface area (Å²) in [5.74, 6) is 1.03. The van der Waals surface area contributed by atoms with Gasteiger partial charge in [-0.1, -0.05) is 18.5 Å². The molecular weight excluding hydrogens is 268 g/mol. The first kappa shape index (κ1) is 15.7. The average molecular weight is 287 g/mol. The molecule has 0 aromatic carbocycles. The first-order valence-corrected chi connectivity index (χ1v) is 6.30. The molecule has 7 heteroatoms. The number of carbonyl (C=O) groups is 1. The van der Waals surface area contributed by atoms with Gasteiger partial charge in [0.2, 0.25) is 5.91 Å². The fourth-order valence-corrected chi connectivity index (χ4v) is 1.87. The number of aromatic nitrogens is 2. The fraction of sp³-hybridized carbons (Fsp3) is 0.583. The van der Waals surface area contributed by atoms with Gasteiger partial charge in [-0.15, -0.1) is 0 Å². The number of carbonyl (C=O) groups excluding carboxylic acids is 1. The van der Waals surface area contributed by atoms with E-state index in [0.29, 0.717) is 29.9 Å². The van der Waals surface area contributed by atoms with Gasteiger partial charge in [-0.05, 0) is 0 Å². The molecule has 1 atom stereocenters. The van der Waals surface area contributed by atoms with Gasteiger partial charge in [0.25, 0.3) is 0 Å². The molecule has 0 saturated heterocycles. The van der Waals surface area contributed by atoms with Gasteiger partial charge in [0, 0.05) is 33.8 Å². The van der Waals surface area contributed by atoms with E-state index in [1.54, 1.807) is 20.2 Å². The third-order valence-corrected chi connectivity index (χ3v) is 2.83. The van der Waals surface area contributed by atoms with E-state index >= 15 is 0 Å². The Bertz CT molecular complexity index is 442. The van der Waals surface area contributed by atoms with Crippen LogP contribution in [0.3, 0.4) is 0 Å². The summed E-state index contributed by atoms with van der Waals surface area (Å²) in [5.41, 5.74) is 0. The SMILES string of the molecule is CNC(=O)C(C)CN(C)c1cc(Cl)nc(COC)n1. The van der Waals surface area contributed by atoms with Crippen molar-refractivity contribution in [3.8, 4) is 0 Å². The lowest BCUT2D eigenvalue weighted by atomic mass is 10.1. The van der Waals surface area contributed by atoms with Gasteiger partial charge in [-0.2, -0.15) is 0 Å². The Balaban J connectivity index is 2.81. The second kappa shape index (κ2) is 7.25. The molecule has 0 bridgehead atoms. The van der Waals surface area contributed by atoms with Crippen LogP contribution in [0.5, 0.6) is 0 Å². The third-order valence-electron chi connectivity index (χ3n) is 2.63. The van der Waals surface area contributed by atoms with Crippen LogP contribution in [0, 0.1) is 5.92 Å². The van der Waals surface area contributed by atoms with Crippen LogP contribution < -0.4 is 10.2 Å². The van der Waals surface area contributed by atoms with Gasteiger partial charge in [0.05, 0.1) is 5.92 Å². The molecule has 0 aliphatic heterocycles. The monoisotopic (exact) mass is 286 g/mol. The van der Waals surface area contributed by atoms with Crippen LogP contribution in [0.15, 0.2) is 6.07 Å². The third kappa shape index (κ3) is 4.65. The van der Waals surface area contributed by atoms with E-state index in [2.05, 4.69) is 15.3 Å². The number of amides is 1. The number of rotatable bonds is 6. The summed E-state index contributed by atoms with van der Waals surface area (Å²) in [4.78, 5) is 21.8. The van der Waals surface area contributed by atoms with Crippen molar-refractivity contribution in [1.29, 1.82) is 0 Å². The number of methoxy groups -OCH3 is 1. The summed E-state index contributed by atoms with van der Waals surface area (Å²) in [6, 6.07) is 1.66. The van der Waals surface area contributed by atoms with E-state index in [-0.39, 0.29) is 11.8 Å². The molecule has 0 spiro atoms. The largest absolute Gasteiger partial charge is 0.377 e. The lowest BCUT2D eigenvalue weighted by Gasteiger charge is -2.22. The van der Waals surface area contributed by atoms with Gasteiger partial charge in [0.1, 0.15) is 17.6 Å². The number of nitrogens with one attached hydrogen (secondary N) is 1. The average Bonchev–Trinajstić information content (AvgIpc) is 2.37. The molecule has 0 saturated carbocycles. The van der Waals surface area contributed by atoms with E-state index in [9.17, 15) is 4.79 Å². The molecule has 1 heterocycles. The van der Waals surface area contributed by atoms with E-state index in [4.69, 9.17) is 16.3 Å². The number of hydrogen-bond acceptors (Lipinski definition) is 5. The Labute approximate surface area is 118 Å². The zero-order valence-corrected chi connectivity index (χ0v) is 12.4. The molecule has 0 radical (unpaired) electrons. The molecule has 0 aliphatic rings. The maximum absolute atomic E-state index is 11.5. The zero-order valence-electron chi connectivity index (χ0n) is 11.6. The molecule has 19 heavy (non-hydrogen) atoms. The standard InChI is InChI=1S/C12H19ClN4O2/c1-8(12(18)14-2)6-17(3)11-5-9(13)15-10(16-11)7-19-4/h5,8H,6-7H2,1-4H3,(H,14,18). The van der Waals surface area contributed by atoms with Crippen molar-refractivity contribution in [3.63, 3.8) is 0 Å². The molecule has 1 unspecified atom stereocenters. The predicted molar refractivity (Wildman–Crippen MR) is 74.3 cm³/mol. The summed E-state index contributed by atoms with van der Waals surface area (Å²) in [6.45, 7) is 2.69. The molecule has 1 aromatic rings. The van der Waals surface area contributed by atoms with Crippen molar-refractivity contribution >= 4 is 23.3 Å². The number of nitrogens with zero attached hydrogens (tertiary/aromatic N) is 3. The minimum Gasteiger partial charge on any atom is -0.377 e. The normalized spacial score (nSPS) is 12.1. The highest BCUT2D eigenvalue weighted by Crippen LogP contribution is 2.16. The Hall–Kier alpha value is -1.40. The molecule has 1 N–H and O–H groups in total. The lowest BCUT2D eigenvalue weighted by molar-refractivity contribution is -0.123. The summed E-state index contributed by atoms with van der Waals surface area (Å²) in [5, 5.41) is 2.98. The summed E-state index contributed by atoms with van der Waals surface area (Å²) < 4.78 is 4.99. The summed E-state index contributed by atoms with van der Waals surface area (Å²) >= 11 is 5.94. The summed E-state index contributed by atoms with van der Waals surface area (Å²) in [7, 11) is 5.05. The number of halogens is 1. The van der Waals surface area contributed by atoms with Crippen molar-refractivity contribution in [1.82, 2.24) is 15.3 Å². The molecule has 106 valence electrons. The first-order chi connectivity index (χ1) is 8.97. The van der Waals surface area contributed by atoms with Crippen LogP contribution in [0.4, 0.5) is 5.82 Å². The topological polar surface area (TPSA) is 67.4 Å². The highest BCUT2D eigenvalue weighted by atomic mass is 35.5. The van der Waals surface area contributed by atoms with Gasteiger partial charge >= 0.3 is 0 Å². The second-order valence-corrected chi connectivity index (χ2v) is 4.68. The second-order valence-electron chi connectivity index (χ2n) is 4.29. The molecule has 1 aromatic heterocycles. The maximum atomic E-state index is 11.5. The number of ether oxygens (including phenoxy) is 1. The van der Waals surface area contributed by atoms with E-state index in [0.717, 1.165) is 0 Å². The van der Waals surface area contributed by atoms with Crippen LogP contribution in [0.2, 0.25) is 5.15 Å². The van der Waals surface area contributed by atoms with Gasteiger partial charge in [0.15, 0.2) is 5.82 Å². The van der Waals surface area contributed by atoms with E-state index in [1.807, 2.05) is 18.9 Å². The molecule has 6 nitrogen and oxygen atoms in total. The molecule has 0 aliphatic carbocycles. The van der Waals surface area contributed by atoms with Crippen molar-refractivity contribution < 1.29 is 9.53 Å². The van der Waals surface area contributed by atoms with Gasteiger partial charge in [-0.25, -0.2) is 9.97 Å². The van der Waals surface area contributed by atoms with E-state index < -0.39 is 0 Å².